The Morgan fingerprint density at radius 3 is 0.333 bits per heavy atom. The molecule has 0 aliphatic rings. The Bertz CT molecular complexity index is 19.5. The third-order valence-corrected chi connectivity index (χ3v) is 0. The van der Waals surface area contributed by atoms with Crippen LogP contribution in [0.15, 0.2) is 0 Å². The minimum absolute atomic E-state index is 0. The Balaban J connectivity index is 0. The van der Waals surface area contributed by atoms with Gasteiger partial charge in [0.15, 0.2) is 0 Å². The molecule has 0 aliphatic heterocycles. The number of hydrogen-bond acceptors (Lipinski definition) is 0. The molecule has 0 bridgehead atoms. The number of rotatable bonds is 0. The first-order chi connectivity index (χ1) is 0. The number of hydrogen-bond donors (Lipinski definition) is 0. The fourth-order valence-electron chi connectivity index (χ4n) is 0. The molecule has 0 aromatic heterocycles. The quantitative estimate of drug-likeness (QED) is 0.332. The standard InChI is InChI=1S/Ba.Ca.4ClH.6H2O/h;;4*1H;6*1H2/q2*+2;;;;;;;;;;/p-4. The molecule has 12 heteroatoms. The van der Waals surface area contributed by atoms with Crippen LogP contribution in [0.3, 0.4) is 0 Å². The van der Waals surface area contributed by atoms with Crippen molar-refractivity contribution >= 4 is 86.6 Å². The van der Waals surface area contributed by atoms with Gasteiger partial charge in [-0.1, -0.05) is 0 Å². The first-order valence-corrected chi connectivity index (χ1v) is 0. The van der Waals surface area contributed by atoms with Gasteiger partial charge in [0.1, 0.15) is 0 Å². The molecule has 0 unspecified atom stereocenters. The van der Waals surface area contributed by atoms with E-state index in [9.17, 15) is 0 Å². The van der Waals surface area contributed by atoms with E-state index in [-0.39, 0.29) is 169 Å². The van der Waals surface area contributed by atoms with Crippen molar-refractivity contribution in [1.29, 1.82) is 0 Å². The molecular formula is H12BaCaCl4O6. The van der Waals surface area contributed by atoms with Crippen LogP contribution in [0.25, 0.3) is 0 Å². The average Bonchev–Trinajstić information content (AvgIpc) is 0. The van der Waals surface area contributed by atoms with Crippen molar-refractivity contribution in [2.75, 3.05) is 0 Å². The van der Waals surface area contributed by atoms with Gasteiger partial charge >= 0.3 is 86.6 Å². The predicted molar refractivity (Wildman–Crippen MR) is 33.2 cm³/mol. The summed E-state index contributed by atoms with van der Waals surface area (Å²) in [6.07, 6.45) is 0. The van der Waals surface area contributed by atoms with Crippen molar-refractivity contribution in [1.82, 2.24) is 0 Å². The zero-order valence-electron chi connectivity index (χ0n) is 5.93. The van der Waals surface area contributed by atoms with Crippen LogP contribution in [-0.2, 0) is 0 Å². The molecule has 80 valence electrons. The van der Waals surface area contributed by atoms with E-state index in [1.165, 1.54) is 0 Å². The molecule has 0 fully saturated rings. The van der Waals surface area contributed by atoms with E-state index in [0.29, 0.717) is 0 Å². The Labute approximate surface area is 166 Å². The molecule has 0 spiro atoms. The second kappa shape index (κ2) is 198. The molecule has 0 aliphatic carbocycles. The Kier molecular flexibility index (Phi) is 4020. The maximum Gasteiger partial charge on any atom is 2.00 e. The van der Waals surface area contributed by atoms with Crippen molar-refractivity contribution in [2.45, 2.75) is 0 Å². The molecule has 0 amide bonds. The van der Waals surface area contributed by atoms with E-state index in [0.717, 1.165) is 0 Å². The molecular weight excluding hydrogens is 415 g/mol. The van der Waals surface area contributed by atoms with Crippen LogP contribution in [0.1, 0.15) is 0 Å². The van der Waals surface area contributed by atoms with E-state index >= 15 is 0 Å². The second-order valence-electron chi connectivity index (χ2n) is 0. The summed E-state index contributed by atoms with van der Waals surface area (Å²) in [4.78, 5) is 0. The Hall–Kier alpha value is 3.75. The van der Waals surface area contributed by atoms with Gasteiger partial charge in [0.2, 0.25) is 0 Å². The van der Waals surface area contributed by atoms with Gasteiger partial charge in [0.05, 0.1) is 0 Å². The first kappa shape index (κ1) is 244. The van der Waals surface area contributed by atoms with Crippen molar-refractivity contribution in [3.05, 3.63) is 0 Å². The van der Waals surface area contributed by atoms with E-state index in [1.54, 1.807) is 0 Å². The second-order valence-corrected chi connectivity index (χ2v) is 0. The topological polar surface area (TPSA) is 189 Å². The van der Waals surface area contributed by atoms with Crippen LogP contribution < -0.4 is 49.6 Å². The van der Waals surface area contributed by atoms with Crippen LogP contribution >= 0.6 is 0 Å². The molecule has 0 rings (SSSR count). The Morgan fingerprint density at radius 2 is 0.333 bits per heavy atom. The SMILES string of the molecule is O.O.O.O.O.O.[Ba+2].[Ca+2].[Cl-].[Cl-].[Cl-].[Cl-]. The van der Waals surface area contributed by atoms with Gasteiger partial charge in [-0.15, -0.1) is 0 Å². The summed E-state index contributed by atoms with van der Waals surface area (Å²) in [5, 5.41) is 0. The summed E-state index contributed by atoms with van der Waals surface area (Å²) < 4.78 is 0. The van der Waals surface area contributed by atoms with Crippen molar-refractivity contribution in [3.63, 3.8) is 0 Å². The van der Waals surface area contributed by atoms with Crippen LogP contribution in [0, 0.1) is 0 Å². The monoisotopic (exact) mass is 426 g/mol. The molecule has 0 saturated heterocycles. The molecule has 0 heterocycles. The first-order valence-electron chi connectivity index (χ1n) is 0. The summed E-state index contributed by atoms with van der Waals surface area (Å²) >= 11 is 0. The van der Waals surface area contributed by atoms with Crippen LogP contribution in [0.4, 0.5) is 0 Å². The molecule has 0 atom stereocenters. The van der Waals surface area contributed by atoms with Crippen LogP contribution in [0.2, 0.25) is 0 Å². The maximum absolute atomic E-state index is 0. The van der Waals surface area contributed by atoms with E-state index < -0.39 is 0 Å². The molecule has 6 nitrogen and oxygen atoms in total. The zero-order chi connectivity index (χ0) is 0. The fraction of sp³-hybridized carbons (Fsp3) is 0. The van der Waals surface area contributed by atoms with Crippen molar-refractivity contribution in [2.24, 2.45) is 0 Å². The normalized spacial score (nSPS) is 0. The molecule has 12 heavy (non-hydrogen) atoms. The molecule has 0 aromatic rings. The molecule has 0 radical (unpaired) electrons. The zero-order valence-corrected chi connectivity index (χ0v) is 15.6. The third-order valence-electron chi connectivity index (χ3n) is 0. The minimum Gasteiger partial charge on any atom is -1.00 e. The van der Waals surface area contributed by atoms with Crippen LogP contribution in [-0.4, -0.2) is 119 Å². The minimum atomic E-state index is 0. The van der Waals surface area contributed by atoms with Crippen molar-refractivity contribution in [3.8, 4) is 0 Å². The third kappa shape index (κ3) is 159. The van der Waals surface area contributed by atoms with Gasteiger partial charge in [-0.3, -0.25) is 0 Å². The smallest absolute Gasteiger partial charge is 1.00 e. The van der Waals surface area contributed by atoms with Gasteiger partial charge in [0, 0.05) is 0 Å². The summed E-state index contributed by atoms with van der Waals surface area (Å²) in [7, 11) is 0. The van der Waals surface area contributed by atoms with E-state index in [1.807, 2.05) is 0 Å². The summed E-state index contributed by atoms with van der Waals surface area (Å²) in [5.74, 6) is 0. The van der Waals surface area contributed by atoms with E-state index in [4.69, 9.17) is 0 Å². The summed E-state index contributed by atoms with van der Waals surface area (Å²) in [6.45, 7) is 0. The maximum atomic E-state index is 0. The average molecular weight is 427 g/mol. The number of halogens is 4. The Morgan fingerprint density at radius 1 is 0.333 bits per heavy atom. The predicted octanol–water partition coefficient (Wildman–Crippen LogP) is -17.7. The van der Waals surface area contributed by atoms with Gasteiger partial charge < -0.3 is 82.5 Å². The van der Waals surface area contributed by atoms with Gasteiger partial charge in [-0.05, 0) is 0 Å². The molecule has 12 N–H and O–H groups in total. The molecule has 0 aromatic carbocycles. The van der Waals surface area contributed by atoms with Gasteiger partial charge in [-0.25, -0.2) is 0 Å². The van der Waals surface area contributed by atoms with E-state index in [2.05, 4.69) is 0 Å². The van der Waals surface area contributed by atoms with Crippen LogP contribution in [0.5, 0.6) is 0 Å². The summed E-state index contributed by atoms with van der Waals surface area (Å²) in [6, 6.07) is 0. The van der Waals surface area contributed by atoms with Crippen molar-refractivity contribution < 1.29 is 82.5 Å². The fourth-order valence-corrected chi connectivity index (χ4v) is 0. The van der Waals surface area contributed by atoms with Gasteiger partial charge in [-0.2, -0.15) is 0 Å². The largest absolute Gasteiger partial charge is 2.00 e. The molecule has 0 saturated carbocycles. The van der Waals surface area contributed by atoms with Gasteiger partial charge in [0.25, 0.3) is 0 Å². The summed E-state index contributed by atoms with van der Waals surface area (Å²) in [5.41, 5.74) is 0.